The summed E-state index contributed by atoms with van der Waals surface area (Å²) in [6.45, 7) is 8.37. The van der Waals surface area contributed by atoms with Crippen molar-refractivity contribution in [2.24, 2.45) is 5.73 Å². The monoisotopic (exact) mass is 346 g/mol. The van der Waals surface area contributed by atoms with Gasteiger partial charge in [0.15, 0.2) is 0 Å². The van der Waals surface area contributed by atoms with Crippen LogP contribution in [-0.2, 0) is 19.1 Å². The fraction of sp³-hybridized carbons (Fsp3) is 0.733. The van der Waals surface area contributed by atoms with E-state index in [1.807, 2.05) is 0 Å². The maximum atomic E-state index is 12.4. The number of hydrogen-bond donors (Lipinski definition) is 3. The highest BCUT2D eigenvalue weighted by molar-refractivity contribution is 8.00. The number of nitrogens with one attached hydrogen (secondary N) is 1. The molecule has 4 atom stereocenters. The Bertz CT molecular complexity index is 426. The van der Waals surface area contributed by atoms with Crippen molar-refractivity contribution in [2.45, 2.75) is 43.3 Å². The predicted molar refractivity (Wildman–Crippen MR) is 89.5 cm³/mol. The van der Waals surface area contributed by atoms with Crippen LogP contribution in [0.2, 0.25) is 0 Å². The van der Waals surface area contributed by atoms with Crippen molar-refractivity contribution >= 4 is 23.7 Å². The molecule has 4 N–H and O–H groups in total. The van der Waals surface area contributed by atoms with E-state index in [9.17, 15) is 14.7 Å². The van der Waals surface area contributed by atoms with Crippen molar-refractivity contribution in [3.05, 3.63) is 12.7 Å². The zero-order valence-electron chi connectivity index (χ0n) is 13.6. The van der Waals surface area contributed by atoms with Crippen LogP contribution >= 0.6 is 11.8 Å². The van der Waals surface area contributed by atoms with Gasteiger partial charge in [0.25, 0.3) is 5.60 Å². The molecule has 1 heterocycles. The summed E-state index contributed by atoms with van der Waals surface area (Å²) in [6, 6.07) is -0.535. The molecule has 1 aliphatic rings. The summed E-state index contributed by atoms with van der Waals surface area (Å²) in [5, 5.41) is 13.0. The van der Waals surface area contributed by atoms with Crippen molar-refractivity contribution in [1.82, 2.24) is 5.32 Å². The molecule has 132 valence electrons. The molecule has 0 radical (unpaired) electrons. The third-order valence-electron chi connectivity index (χ3n) is 3.48. The van der Waals surface area contributed by atoms with Crippen LogP contribution in [0.5, 0.6) is 0 Å². The summed E-state index contributed by atoms with van der Waals surface area (Å²) in [6.07, 6.45) is 0.771. The number of aliphatic carboxylic acids is 1. The van der Waals surface area contributed by atoms with Crippen molar-refractivity contribution < 1.29 is 24.2 Å². The van der Waals surface area contributed by atoms with E-state index in [1.165, 1.54) is 6.08 Å². The molecule has 0 unspecified atom stereocenters. The van der Waals surface area contributed by atoms with Crippen LogP contribution in [0.1, 0.15) is 20.3 Å². The maximum absolute atomic E-state index is 12.4. The zero-order valence-corrected chi connectivity index (χ0v) is 14.4. The van der Waals surface area contributed by atoms with E-state index in [1.54, 1.807) is 25.6 Å². The molecule has 0 aromatic rings. The Labute approximate surface area is 141 Å². The summed E-state index contributed by atoms with van der Waals surface area (Å²) < 4.78 is 10.7. The number of ether oxygens (including phenoxy) is 2. The second kappa shape index (κ2) is 9.27. The second-order valence-electron chi connectivity index (χ2n) is 5.64. The molecule has 0 spiro atoms. The van der Waals surface area contributed by atoms with Crippen LogP contribution < -0.4 is 11.1 Å². The van der Waals surface area contributed by atoms with Crippen LogP contribution in [0, 0.1) is 0 Å². The van der Waals surface area contributed by atoms with E-state index in [0.717, 1.165) is 12.3 Å². The van der Waals surface area contributed by atoms with E-state index < -0.39 is 29.7 Å². The SMILES string of the molecule is C=CCOC(=O)[C@@](C[C@H](C)N)(O[C@@H](C)[C@@H]1CNCCS1)C(=O)O. The molecule has 7 nitrogen and oxygen atoms in total. The number of carboxylic acid groups (broad SMARTS) is 1. The number of thioether (sulfide) groups is 1. The highest BCUT2D eigenvalue weighted by Gasteiger charge is 2.51. The van der Waals surface area contributed by atoms with Gasteiger partial charge in [-0.15, -0.1) is 0 Å². The molecule has 1 rings (SSSR count). The van der Waals surface area contributed by atoms with Gasteiger partial charge in [0.2, 0.25) is 0 Å². The van der Waals surface area contributed by atoms with Gasteiger partial charge in [-0.25, -0.2) is 9.59 Å². The number of hydrogen-bond acceptors (Lipinski definition) is 7. The number of carbonyl (C=O) groups is 2. The Morgan fingerprint density at radius 3 is 2.74 bits per heavy atom. The van der Waals surface area contributed by atoms with Gasteiger partial charge in [0.05, 0.1) is 6.10 Å². The number of rotatable bonds is 9. The lowest BCUT2D eigenvalue weighted by atomic mass is 9.95. The molecule has 0 saturated carbocycles. The molecule has 0 amide bonds. The summed E-state index contributed by atoms with van der Waals surface area (Å²) in [5.74, 6) is -1.42. The smallest absolute Gasteiger partial charge is 0.350 e. The van der Waals surface area contributed by atoms with Gasteiger partial charge in [-0.2, -0.15) is 11.8 Å². The first kappa shape index (κ1) is 20.0. The topological polar surface area (TPSA) is 111 Å². The largest absolute Gasteiger partial charge is 0.479 e. The maximum Gasteiger partial charge on any atom is 0.350 e. The van der Waals surface area contributed by atoms with E-state index in [0.29, 0.717) is 6.54 Å². The number of carbonyl (C=O) groups excluding carboxylic acids is 1. The minimum Gasteiger partial charge on any atom is -0.479 e. The van der Waals surface area contributed by atoms with Crippen LogP contribution in [0.4, 0.5) is 0 Å². The molecule has 8 heteroatoms. The minimum atomic E-state index is -2.10. The summed E-state index contributed by atoms with van der Waals surface area (Å²) in [5.41, 5.74) is 3.65. The summed E-state index contributed by atoms with van der Waals surface area (Å²) in [7, 11) is 0. The highest BCUT2D eigenvalue weighted by atomic mass is 32.2. The van der Waals surface area contributed by atoms with Crippen LogP contribution in [0.25, 0.3) is 0 Å². The fourth-order valence-corrected chi connectivity index (χ4v) is 3.52. The summed E-state index contributed by atoms with van der Waals surface area (Å²) >= 11 is 1.69. The Balaban J connectivity index is 2.97. The van der Waals surface area contributed by atoms with Crippen molar-refractivity contribution in [3.8, 4) is 0 Å². The van der Waals surface area contributed by atoms with Crippen LogP contribution in [0.3, 0.4) is 0 Å². The molecule has 1 fully saturated rings. The van der Waals surface area contributed by atoms with E-state index in [-0.39, 0.29) is 18.3 Å². The Morgan fingerprint density at radius 2 is 2.26 bits per heavy atom. The molecule has 0 bridgehead atoms. The first-order valence-electron chi connectivity index (χ1n) is 7.60. The third kappa shape index (κ3) is 5.49. The lowest BCUT2D eigenvalue weighted by molar-refractivity contribution is -0.195. The van der Waals surface area contributed by atoms with Gasteiger partial charge in [-0.05, 0) is 13.8 Å². The standard InChI is InChI=1S/C15H26N2O5S/c1-4-6-21-14(20)15(13(18)19,8-10(2)16)22-11(3)12-9-17-5-7-23-12/h4,10-12,17H,1,5-9,16H2,2-3H3,(H,18,19)/t10-,11-,12-,15-/m0/s1. The third-order valence-corrected chi connectivity index (χ3v) is 4.90. The van der Waals surface area contributed by atoms with Crippen LogP contribution in [-0.4, -0.2) is 65.5 Å². The quantitative estimate of drug-likeness (QED) is 0.312. The minimum absolute atomic E-state index is 0.0581. The molecule has 1 saturated heterocycles. The first-order chi connectivity index (χ1) is 10.8. The van der Waals surface area contributed by atoms with Gasteiger partial charge < -0.3 is 25.6 Å². The van der Waals surface area contributed by atoms with E-state index in [2.05, 4.69) is 11.9 Å². The van der Waals surface area contributed by atoms with Gasteiger partial charge in [0, 0.05) is 36.6 Å². The first-order valence-corrected chi connectivity index (χ1v) is 8.65. The number of carboxylic acids is 1. The lowest BCUT2D eigenvalue weighted by Gasteiger charge is -2.35. The van der Waals surface area contributed by atoms with Crippen molar-refractivity contribution in [2.75, 3.05) is 25.4 Å². The van der Waals surface area contributed by atoms with Gasteiger partial charge in [-0.3, -0.25) is 0 Å². The molecule has 0 aromatic heterocycles. The van der Waals surface area contributed by atoms with E-state index in [4.69, 9.17) is 15.2 Å². The fourth-order valence-electron chi connectivity index (χ4n) is 2.39. The summed E-state index contributed by atoms with van der Waals surface area (Å²) in [4.78, 5) is 24.2. The average Bonchev–Trinajstić information content (AvgIpc) is 2.51. The van der Waals surface area contributed by atoms with E-state index >= 15 is 0 Å². The Kier molecular flexibility index (Phi) is 8.04. The van der Waals surface area contributed by atoms with Gasteiger partial charge >= 0.3 is 11.9 Å². The van der Waals surface area contributed by atoms with Crippen molar-refractivity contribution in [3.63, 3.8) is 0 Å². The molecule has 0 aromatic carbocycles. The Hall–Kier alpha value is -1.09. The van der Waals surface area contributed by atoms with Gasteiger partial charge in [-0.1, -0.05) is 12.7 Å². The lowest BCUT2D eigenvalue weighted by Crippen LogP contribution is -2.56. The van der Waals surface area contributed by atoms with Crippen molar-refractivity contribution in [1.29, 1.82) is 0 Å². The Morgan fingerprint density at radius 1 is 1.57 bits per heavy atom. The second-order valence-corrected chi connectivity index (χ2v) is 6.98. The van der Waals surface area contributed by atoms with Crippen LogP contribution in [0.15, 0.2) is 12.7 Å². The molecule has 0 aliphatic carbocycles. The highest BCUT2D eigenvalue weighted by Crippen LogP contribution is 2.28. The average molecular weight is 346 g/mol. The van der Waals surface area contributed by atoms with Gasteiger partial charge in [0.1, 0.15) is 6.61 Å². The number of nitrogens with two attached hydrogens (primary N) is 1. The molecule has 23 heavy (non-hydrogen) atoms. The predicted octanol–water partition coefficient (Wildman–Crippen LogP) is 0.386. The zero-order chi connectivity index (χ0) is 17.5. The molecular formula is C15H26N2O5S. The molecular weight excluding hydrogens is 320 g/mol. The molecule has 1 aliphatic heterocycles. The number of esters is 1. The normalized spacial score (nSPS) is 23.3.